The lowest BCUT2D eigenvalue weighted by atomic mass is 10.1. The molecule has 0 unspecified atom stereocenters. The summed E-state index contributed by atoms with van der Waals surface area (Å²) in [6.45, 7) is 0.0744. The number of hydrogen-bond acceptors (Lipinski definition) is 8. The van der Waals surface area contributed by atoms with Gasteiger partial charge in [-0.1, -0.05) is 0 Å². The fourth-order valence-electron chi connectivity index (χ4n) is 2.79. The number of nitrogens with one attached hydrogen (secondary N) is 1. The normalized spacial score (nSPS) is 11.2. The van der Waals surface area contributed by atoms with Gasteiger partial charge in [-0.2, -0.15) is 13.2 Å². The first kappa shape index (κ1) is 24.8. The molecule has 13 heteroatoms. The van der Waals surface area contributed by atoms with Crippen molar-refractivity contribution in [3.05, 3.63) is 63.6 Å². The van der Waals surface area contributed by atoms with Crippen molar-refractivity contribution in [1.29, 1.82) is 0 Å². The van der Waals surface area contributed by atoms with Gasteiger partial charge in [0.2, 0.25) is 0 Å². The average molecular weight is 498 g/mol. The van der Waals surface area contributed by atoms with Gasteiger partial charge in [0, 0.05) is 23.2 Å². The Morgan fingerprint density at radius 3 is 2.59 bits per heavy atom. The monoisotopic (exact) mass is 498 g/mol. The van der Waals surface area contributed by atoms with E-state index in [1.165, 1.54) is 6.26 Å². The van der Waals surface area contributed by atoms with Crippen molar-refractivity contribution in [3.63, 3.8) is 0 Å². The van der Waals surface area contributed by atoms with Crippen molar-refractivity contribution in [1.82, 2.24) is 4.57 Å². The second-order valence-corrected chi connectivity index (χ2v) is 7.52. The number of carbonyl (C=O) groups excluding carboxylic acids is 3. The van der Waals surface area contributed by atoms with Gasteiger partial charge in [-0.3, -0.25) is 14.4 Å². The third-order valence-electron chi connectivity index (χ3n) is 4.28. The van der Waals surface area contributed by atoms with E-state index in [4.69, 9.17) is 13.9 Å². The third kappa shape index (κ3) is 5.92. The van der Waals surface area contributed by atoms with Gasteiger partial charge >= 0.3 is 18.1 Å². The highest BCUT2D eigenvalue weighted by Crippen LogP contribution is 2.36. The molecule has 3 aromatic heterocycles. The molecule has 0 atom stereocenters. The van der Waals surface area contributed by atoms with Crippen molar-refractivity contribution >= 4 is 34.2 Å². The van der Waals surface area contributed by atoms with Crippen LogP contribution in [0, 0.1) is 0 Å². The van der Waals surface area contributed by atoms with E-state index in [1.807, 2.05) is 0 Å². The van der Waals surface area contributed by atoms with Gasteiger partial charge in [0.15, 0.2) is 6.61 Å². The SMILES string of the molecule is CCOC(=O)c1c(-c2ccco2)csc1NC(=O)COC(=O)Cn1cc(C(F)(F)F)ccc1=O. The zero-order valence-electron chi connectivity index (χ0n) is 17.5. The fraction of sp³-hybridized carbons (Fsp3) is 0.238. The van der Waals surface area contributed by atoms with E-state index in [0.29, 0.717) is 34.2 Å². The minimum absolute atomic E-state index is 0.0528. The molecule has 9 nitrogen and oxygen atoms in total. The summed E-state index contributed by atoms with van der Waals surface area (Å²) in [5, 5.41) is 4.14. The lowest BCUT2D eigenvalue weighted by Crippen LogP contribution is -2.28. The van der Waals surface area contributed by atoms with Crippen LogP contribution in [0.2, 0.25) is 0 Å². The van der Waals surface area contributed by atoms with Crippen molar-refractivity contribution in [2.75, 3.05) is 18.5 Å². The first-order chi connectivity index (χ1) is 16.1. The molecule has 1 N–H and O–H groups in total. The molecule has 0 saturated carbocycles. The van der Waals surface area contributed by atoms with Gasteiger partial charge in [0.25, 0.3) is 11.5 Å². The lowest BCUT2D eigenvalue weighted by Gasteiger charge is -2.11. The molecule has 0 fully saturated rings. The number of pyridine rings is 1. The Morgan fingerprint density at radius 2 is 1.94 bits per heavy atom. The number of aromatic nitrogens is 1. The highest BCUT2D eigenvalue weighted by molar-refractivity contribution is 7.15. The van der Waals surface area contributed by atoms with Crippen molar-refractivity contribution in [2.24, 2.45) is 0 Å². The fourth-order valence-corrected chi connectivity index (χ4v) is 3.74. The van der Waals surface area contributed by atoms with Crippen LogP contribution in [0.15, 0.2) is 51.3 Å². The molecule has 0 radical (unpaired) electrons. The Balaban J connectivity index is 1.66. The van der Waals surface area contributed by atoms with E-state index < -0.39 is 48.3 Å². The number of hydrogen-bond donors (Lipinski definition) is 1. The smallest absolute Gasteiger partial charge is 0.417 e. The quantitative estimate of drug-likeness (QED) is 0.472. The van der Waals surface area contributed by atoms with Gasteiger partial charge in [0.1, 0.15) is 22.9 Å². The van der Waals surface area contributed by atoms with E-state index >= 15 is 0 Å². The predicted molar refractivity (Wildman–Crippen MR) is 113 cm³/mol. The van der Waals surface area contributed by atoms with E-state index in [1.54, 1.807) is 24.4 Å². The summed E-state index contributed by atoms with van der Waals surface area (Å²) >= 11 is 1.01. The molecular formula is C21H17F3N2O7S. The molecular weight excluding hydrogens is 481 g/mol. The number of thiophene rings is 1. The van der Waals surface area contributed by atoms with Crippen LogP contribution in [-0.4, -0.2) is 35.6 Å². The second-order valence-electron chi connectivity index (χ2n) is 6.64. The molecule has 0 aliphatic rings. The molecule has 0 aliphatic carbocycles. The number of amides is 1. The number of esters is 2. The Bertz CT molecular complexity index is 1250. The van der Waals surface area contributed by atoms with Crippen LogP contribution < -0.4 is 10.9 Å². The van der Waals surface area contributed by atoms with Crippen LogP contribution in [0.25, 0.3) is 11.3 Å². The van der Waals surface area contributed by atoms with Gasteiger partial charge < -0.3 is 23.8 Å². The van der Waals surface area contributed by atoms with Crippen LogP contribution in [0.5, 0.6) is 0 Å². The largest absolute Gasteiger partial charge is 0.464 e. The molecule has 3 heterocycles. The highest BCUT2D eigenvalue weighted by Gasteiger charge is 2.31. The Morgan fingerprint density at radius 1 is 1.18 bits per heavy atom. The van der Waals surface area contributed by atoms with Crippen LogP contribution in [-0.2, 0) is 31.8 Å². The lowest BCUT2D eigenvalue weighted by molar-refractivity contribution is -0.148. The molecule has 0 saturated heterocycles. The Kier molecular flexibility index (Phi) is 7.56. The highest BCUT2D eigenvalue weighted by atomic mass is 32.1. The van der Waals surface area contributed by atoms with Crippen molar-refractivity contribution < 1.29 is 41.4 Å². The number of rotatable bonds is 8. The summed E-state index contributed by atoms with van der Waals surface area (Å²) < 4.78 is 54.0. The van der Waals surface area contributed by atoms with Gasteiger partial charge in [0.05, 0.1) is 18.4 Å². The molecule has 0 spiro atoms. The van der Waals surface area contributed by atoms with E-state index in [2.05, 4.69) is 5.32 Å². The molecule has 1 amide bonds. The predicted octanol–water partition coefficient (Wildman–Crippen LogP) is 3.55. The minimum atomic E-state index is -4.70. The number of halogens is 3. The summed E-state index contributed by atoms with van der Waals surface area (Å²) in [4.78, 5) is 48.4. The zero-order valence-corrected chi connectivity index (χ0v) is 18.3. The maximum Gasteiger partial charge on any atom is 0.417 e. The van der Waals surface area contributed by atoms with Crippen molar-refractivity contribution in [3.8, 4) is 11.3 Å². The molecule has 3 aromatic rings. The van der Waals surface area contributed by atoms with Gasteiger partial charge in [-0.25, -0.2) is 4.79 Å². The second kappa shape index (κ2) is 10.4. The standard InChI is InChI=1S/C21H17F3N2O7S/c1-2-31-20(30)18-13(14-4-3-7-32-14)11-34-19(18)25-15(27)10-33-17(29)9-26-8-12(21(22,23)24)5-6-16(26)28/h3-8,11H,2,9-10H2,1H3,(H,25,27). The first-order valence-corrected chi connectivity index (χ1v) is 10.5. The van der Waals surface area contributed by atoms with Crippen LogP contribution in [0.1, 0.15) is 22.8 Å². The minimum Gasteiger partial charge on any atom is -0.464 e. The summed E-state index contributed by atoms with van der Waals surface area (Å²) in [6.07, 6.45) is -2.81. The number of alkyl halides is 3. The van der Waals surface area contributed by atoms with Crippen LogP contribution in [0.3, 0.4) is 0 Å². The van der Waals surface area contributed by atoms with E-state index in [-0.39, 0.29) is 17.2 Å². The summed E-state index contributed by atoms with van der Waals surface area (Å²) in [5.41, 5.74) is -1.52. The summed E-state index contributed by atoms with van der Waals surface area (Å²) in [5.74, 6) is -2.25. The Labute approximate surface area is 193 Å². The number of furan rings is 1. The van der Waals surface area contributed by atoms with Crippen LogP contribution >= 0.6 is 11.3 Å². The first-order valence-electron chi connectivity index (χ1n) is 9.65. The maximum absolute atomic E-state index is 12.8. The van der Waals surface area contributed by atoms with Crippen molar-refractivity contribution in [2.45, 2.75) is 19.6 Å². The molecule has 180 valence electrons. The number of nitrogens with zero attached hydrogens (tertiary/aromatic N) is 1. The Hall–Kier alpha value is -3.87. The van der Waals surface area contributed by atoms with Crippen LogP contribution in [0.4, 0.5) is 18.2 Å². The summed E-state index contributed by atoms with van der Waals surface area (Å²) in [7, 11) is 0. The molecule has 0 aliphatic heterocycles. The topological polar surface area (TPSA) is 117 Å². The molecule has 0 aromatic carbocycles. The number of carbonyl (C=O) groups is 3. The number of anilines is 1. The molecule has 34 heavy (non-hydrogen) atoms. The van der Waals surface area contributed by atoms with Gasteiger partial charge in [-0.05, 0) is 25.1 Å². The maximum atomic E-state index is 12.8. The average Bonchev–Trinajstić information content (AvgIpc) is 3.43. The molecule has 0 bridgehead atoms. The van der Waals surface area contributed by atoms with Gasteiger partial charge in [-0.15, -0.1) is 11.3 Å². The zero-order chi connectivity index (χ0) is 24.9. The molecule has 3 rings (SSSR count). The summed E-state index contributed by atoms with van der Waals surface area (Å²) in [6, 6.07) is 4.51. The third-order valence-corrected chi connectivity index (χ3v) is 5.18. The van der Waals surface area contributed by atoms with E-state index in [0.717, 1.165) is 11.3 Å². The number of ether oxygens (including phenoxy) is 2. The van der Waals surface area contributed by atoms with E-state index in [9.17, 15) is 32.3 Å².